The predicted molar refractivity (Wildman–Crippen MR) is 80.8 cm³/mol. The highest BCUT2D eigenvalue weighted by Gasteiger charge is 2.19. The Labute approximate surface area is 128 Å². The number of likely N-dealkylation sites (N-methyl/N-ethyl adjacent to an activating group) is 1. The summed E-state index contributed by atoms with van der Waals surface area (Å²) in [4.78, 5) is 25.9. The van der Waals surface area contributed by atoms with E-state index < -0.39 is 5.97 Å². The molecule has 2 rings (SSSR count). The largest absolute Gasteiger partial charge is 0.502 e. The van der Waals surface area contributed by atoms with Crippen LogP contribution in [-0.2, 0) is 14.3 Å². The average Bonchev–Trinajstić information content (AvgIpc) is 2.59. The quantitative estimate of drug-likeness (QED) is 0.472. The Morgan fingerprint density at radius 1 is 1.18 bits per heavy atom. The molecular weight excluding hydrogens is 284 g/mol. The molecule has 7 heteroatoms. The normalized spacial score (nSPS) is 11.0. The third-order valence-corrected chi connectivity index (χ3v) is 2.88. The van der Waals surface area contributed by atoms with E-state index in [0.29, 0.717) is 11.8 Å². The van der Waals surface area contributed by atoms with Gasteiger partial charge in [0.1, 0.15) is 12.6 Å². The van der Waals surface area contributed by atoms with Gasteiger partial charge < -0.3 is 14.4 Å². The van der Waals surface area contributed by atoms with Crippen LogP contribution in [0, 0.1) is 0 Å². The highest BCUT2D eigenvalue weighted by Crippen LogP contribution is 2.18. The highest BCUT2D eigenvalue weighted by atomic mass is 16.5. The Kier molecular flexibility index (Phi) is 5.02. The minimum Gasteiger partial charge on any atom is -0.502 e. The molecule has 0 N–H and O–H groups in total. The molecule has 0 aliphatic heterocycles. The fourth-order valence-corrected chi connectivity index (χ4v) is 1.76. The molecule has 2 aromatic rings. The summed E-state index contributed by atoms with van der Waals surface area (Å²) in [6.45, 7) is 0. The fraction of sp³-hybridized carbons (Fsp3) is 0.200. The first-order valence-electron chi connectivity index (χ1n) is 6.47. The van der Waals surface area contributed by atoms with Crippen LogP contribution in [0.3, 0.4) is 0 Å². The van der Waals surface area contributed by atoms with Gasteiger partial charge in [-0.1, -0.05) is 30.3 Å². The van der Waals surface area contributed by atoms with Gasteiger partial charge in [0.2, 0.25) is 5.95 Å². The zero-order chi connectivity index (χ0) is 15.9. The van der Waals surface area contributed by atoms with Crippen molar-refractivity contribution < 1.29 is 14.3 Å². The van der Waals surface area contributed by atoms with Crippen molar-refractivity contribution >= 4 is 11.9 Å². The van der Waals surface area contributed by atoms with Crippen LogP contribution in [0.1, 0.15) is 0 Å². The number of carbonyl (C=O) groups excluding carboxylic acids is 1. The van der Waals surface area contributed by atoms with E-state index in [-0.39, 0.29) is 5.70 Å². The Balaban J connectivity index is 2.36. The van der Waals surface area contributed by atoms with Crippen LogP contribution < -0.4 is 4.90 Å². The number of benzene rings is 1. The Bertz CT molecular complexity index is 673. The standard InChI is InChI=1S/C15H16N4O3/c1-19(12(9-21-2)14(20)22-3)15-17-10-16-13(18-15)11-7-5-4-6-8-11/h4-10H,1-3H3. The second-order valence-corrected chi connectivity index (χ2v) is 4.26. The molecule has 0 saturated heterocycles. The van der Waals surface area contributed by atoms with Crippen molar-refractivity contribution in [2.24, 2.45) is 0 Å². The van der Waals surface area contributed by atoms with Crippen LogP contribution in [0.5, 0.6) is 0 Å². The number of hydrogen-bond acceptors (Lipinski definition) is 7. The molecule has 0 atom stereocenters. The first-order chi connectivity index (χ1) is 10.7. The molecular formula is C15H16N4O3. The summed E-state index contributed by atoms with van der Waals surface area (Å²) in [5.41, 5.74) is 1.03. The minimum absolute atomic E-state index is 0.176. The number of nitrogens with zero attached hydrogens (tertiary/aromatic N) is 4. The molecule has 0 fully saturated rings. The fourth-order valence-electron chi connectivity index (χ4n) is 1.76. The molecule has 1 aromatic carbocycles. The number of hydrogen-bond donors (Lipinski definition) is 0. The van der Waals surface area contributed by atoms with E-state index in [0.717, 1.165) is 5.56 Å². The second-order valence-electron chi connectivity index (χ2n) is 4.26. The maximum Gasteiger partial charge on any atom is 0.357 e. The molecule has 0 radical (unpaired) electrons. The van der Waals surface area contributed by atoms with E-state index in [9.17, 15) is 4.79 Å². The van der Waals surface area contributed by atoms with E-state index >= 15 is 0 Å². The van der Waals surface area contributed by atoms with Gasteiger partial charge in [-0.2, -0.15) is 4.98 Å². The van der Waals surface area contributed by atoms with E-state index in [4.69, 9.17) is 9.47 Å². The average molecular weight is 300 g/mol. The Morgan fingerprint density at radius 2 is 1.91 bits per heavy atom. The van der Waals surface area contributed by atoms with Crippen LogP contribution in [0.2, 0.25) is 0 Å². The van der Waals surface area contributed by atoms with E-state index in [1.165, 1.54) is 31.7 Å². The van der Waals surface area contributed by atoms with Crippen molar-refractivity contribution in [1.82, 2.24) is 15.0 Å². The lowest BCUT2D eigenvalue weighted by atomic mass is 10.2. The zero-order valence-electron chi connectivity index (χ0n) is 12.6. The van der Waals surface area contributed by atoms with Crippen LogP contribution in [-0.4, -0.2) is 42.2 Å². The Morgan fingerprint density at radius 3 is 2.55 bits per heavy atom. The summed E-state index contributed by atoms with van der Waals surface area (Å²) in [7, 11) is 4.38. The van der Waals surface area contributed by atoms with Crippen molar-refractivity contribution in [2.75, 3.05) is 26.2 Å². The maximum atomic E-state index is 11.8. The smallest absolute Gasteiger partial charge is 0.357 e. The molecule has 0 spiro atoms. The van der Waals surface area contributed by atoms with Gasteiger partial charge in [0.25, 0.3) is 0 Å². The number of rotatable bonds is 5. The van der Waals surface area contributed by atoms with Gasteiger partial charge in [-0.15, -0.1) is 0 Å². The predicted octanol–water partition coefficient (Wildman–Crippen LogP) is 1.64. The first-order valence-corrected chi connectivity index (χ1v) is 6.47. The van der Waals surface area contributed by atoms with E-state index in [1.807, 2.05) is 30.3 Å². The SMILES string of the molecule is COC=C(C(=O)OC)N(C)c1ncnc(-c2ccccc2)n1. The molecule has 0 aliphatic carbocycles. The second kappa shape index (κ2) is 7.16. The highest BCUT2D eigenvalue weighted by molar-refractivity contribution is 5.91. The Hall–Kier alpha value is -2.96. The van der Waals surface area contributed by atoms with Crippen LogP contribution >= 0.6 is 0 Å². The number of carbonyl (C=O) groups is 1. The monoisotopic (exact) mass is 300 g/mol. The summed E-state index contributed by atoms with van der Waals surface area (Å²) in [6.07, 6.45) is 2.67. The lowest BCUT2D eigenvalue weighted by molar-refractivity contribution is -0.136. The van der Waals surface area contributed by atoms with Gasteiger partial charge >= 0.3 is 5.97 Å². The molecule has 114 valence electrons. The van der Waals surface area contributed by atoms with Gasteiger partial charge in [-0.25, -0.2) is 14.8 Å². The molecule has 0 saturated carbocycles. The summed E-state index contributed by atoms with van der Waals surface area (Å²) in [5.74, 6) is 0.271. The molecule has 7 nitrogen and oxygen atoms in total. The molecule has 0 amide bonds. The summed E-state index contributed by atoms with van der Waals surface area (Å²) in [6, 6.07) is 9.49. The summed E-state index contributed by atoms with van der Waals surface area (Å²) in [5, 5.41) is 0. The summed E-state index contributed by atoms with van der Waals surface area (Å²) < 4.78 is 9.63. The van der Waals surface area contributed by atoms with Crippen LogP contribution in [0.25, 0.3) is 11.4 Å². The van der Waals surface area contributed by atoms with Crippen LogP contribution in [0.15, 0.2) is 48.6 Å². The van der Waals surface area contributed by atoms with Gasteiger partial charge in [0, 0.05) is 12.6 Å². The molecule has 1 heterocycles. The number of ether oxygens (including phenoxy) is 2. The van der Waals surface area contributed by atoms with E-state index in [2.05, 4.69) is 15.0 Å². The van der Waals surface area contributed by atoms with Crippen molar-refractivity contribution in [3.63, 3.8) is 0 Å². The van der Waals surface area contributed by atoms with Crippen LogP contribution in [0.4, 0.5) is 5.95 Å². The maximum absolute atomic E-state index is 11.8. The number of anilines is 1. The zero-order valence-corrected chi connectivity index (χ0v) is 12.6. The minimum atomic E-state index is -0.550. The lowest BCUT2D eigenvalue weighted by Crippen LogP contribution is -2.26. The number of aromatic nitrogens is 3. The number of methoxy groups -OCH3 is 2. The molecule has 22 heavy (non-hydrogen) atoms. The topological polar surface area (TPSA) is 77.4 Å². The van der Waals surface area contributed by atoms with Crippen molar-refractivity contribution in [3.05, 3.63) is 48.6 Å². The number of esters is 1. The first kappa shape index (κ1) is 15.4. The molecule has 0 bridgehead atoms. The summed E-state index contributed by atoms with van der Waals surface area (Å²) >= 11 is 0. The van der Waals surface area contributed by atoms with Crippen molar-refractivity contribution in [3.8, 4) is 11.4 Å². The third-order valence-electron chi connectivity index (χ3n) is 2.88. The van der Waals surface area contributed by atoms with Crippen molar-refractivity contribution in [1.29, 1.82) is 0 Å². The van der Waals surface area contributed by atoms with E-state index in [1.54, 1.807) is 7.05 Å². The van der Waals surface area contributed by atoms with Gasteiger partial charge in [0.15, 0.2) is 11.5 Å². The van der Waals surface area contributed by atoms with Gasteiger partial charge in [0.05, 0.1) is 14.2 Å². The van der Waals surface area contributed by atoms with Crippen molar-refractivity contribution in [2.45, 2.75) is 0 Å². The molecule has 0 unspecified atom stereocenters. The lowest BCUT2D eigenvalue weighted by Gasteiger charge is -2.18. The molecule has 1 aromatic heterocycles. The van der Waals surface area contributed by atoms with Gasteiger partial charge in [-0.05, 0) is 0 Å². The third kappa shape index (κ3) is 3.38. The van der Waals surface area contributed by atoms with Gasteiger partial charge in [-0.3, -0.25) is 0 Å². The molecule has 0 aliphatic rings.